The molecule has 4 nitrogen and oxygen atoms in total. The molecule has 0 amide bonds. The van der Waals surface area contributed by atoms with Gasteiger partial charge in [0.2, 0.25) is 10.0 Å². The number of benzene rings is 2. The Bertz CT molecular complexity index is 1070. The number of hydrogen-bond acceptors (Lipinski definition) is 2. The molecule has 0 bridgehead atoms. The number of aromatic amines is 1. The van der Waals surface area contributed by atoms with Gasteiger partial charge in [-0.25, -0.2) is 8.42 Å². The molecule has 1 N–H and O–H groups in total. The number of fused-ring (bicyclic) bond motifs is 1. The molecule has 1 aliphatic rings. The van der Waals surface area contributed by atoms with Crippen LogP contribution in [0.3, 0.4) is 0 Å². The van der Waals surface area contributed by atoms with E-state index in [0.717, 1.165) is 23.9 Å². The van der Waals surface area contributed by atoms with E-state index in [1.54, 1.807) is 16.4 Å². The Hall–Kier alpha value is -2.11. The molecular formula is C23H28N2O2S. The van der Waals surface area contributed by atoms with Crippen LogP contribution in [-0.4, -0.2) is 30.8 Å². The third kappa shape index (κ3) is 3.49. The molecule has 0 unspecified atom stereocenters. The third-order valence-corrected chi connectivity index (χ3v) is 7.79. The van der Waals surface area contributed by atoms with Gasteiger partial charge < -0.3 is 4.98 Å². The molecular weight excluding hydrogens is 368 g/mol. The molecule has 148 valence electrons. The van der Waals surface area contributed by atoms with Crippen LogP contribution in [0.5, 0.6) is 0 Å². The van der Waals surface area contributed by atoms with Crippen molar-refractivity contribution in [2.45, 2.75) is 49.8 Å². The average molecular weight is 397 g/mol. The van der Waals surface area contributed by atoms with Crippen molar-refractivity contribution in [2.75, 3.05) is 13.1 Å². The number of para-hydroxylation sites is 1. The van der Waals surface area contributed by atoms with Crippen molar-refractivity contribution in [3.05, 3.63) is 65.9 Å². The topological polar surface area (TPSA) is 53.2 Å². The van der Waals surface area contributed by atoms with Crippen LogP contribution in [0.15, 0.2) is 59.6 Å². The molecule has 0 radical (unpaired) electrons. The molecule has 4 rings (SSSR count). The number of nitrogens with zero attached hydrogens (tertiary/aromatic N) is 1. The zero-order valence-electron chi connectivity index (χ0n) is 16.8. The minimum Gasteiger partial charge on any atom is -0.361 e. The van der Waals surface area contributed by atoms with E-state index in [1.165, 1.54) is 10.9 Å². The van der Waals surface area contributed by atoms with E-state index < -0.39 is 10.0 Å². The first-order chi connectivity index (χ1) is 13.3. The normalized spacial score (nSPS) is 17.2. The van der Waals surface area contributed by atoms with E-state index in [1.807, 2.05) is 18.2 Å². The SMILES string of the molecule is CC(C)(C)c1ccc(S(=O)(=O)N2CCC(c3c[nH]c4ccccc34)CC2)cc1. The minimum absolute atomic E-state index is 0.0139. The Morgan fingerprint density at radius 1 is 0.964 bits per heavy atom. The Kier molecular flexibility index (Phi) is 4.84. The Morgan fingerprint density at radius 3 is 2.25 bits per heavy atom. The maximum Gasteiger partial charge on any atom is 0.243 e. The Labute approximate surface area is 167 Å². The van der Waals surface area contributed by atoms with Gasteiger partial charge in [-0.05, 0) is 53.5 Å². The number of sulfonamides is 1. The molecule has 1 fully saturated rings. The lowest BCUT2D eigenvalue weighted by atomic mass is 9.87. The lowest BCUT2D eigenvalue weighted by Gasteiger charge is -2.31. The quantitative estimate of drug-likeness (QED) is 0.675. The van der Waals surface area contributed by atoms with Crippen molar-refractivity contribution in [3.8, 4) is 0 Å². The second-order valence-corrected chi connectivity index (χ2v) is 10.7. The minimum atomic E-state index is -3.43. The van der Waals surface area contributed by atoms with Gasteiger partial charge in [0.15, 0.2) is 0 Å². The summed E-state index contributed by atoms with van der Waals surface area (Å²) >= 11 is 0. The molecule has 1 saturated heterocycles. The first-order valence-corrected chi connectivity index (χ1v) is 11.4. The van der Waals surface area contributed by atoms with Crippen molar-refractivity contribution in [1.29, 1.82) is 0 Å². The van der Waals surface area contributed by atoms with Gasteiger partial charge in [-0.1, -0.05) is 51.1 Å². The second kappa shape index (κ2) is 7.05. The summed E-state index contributed by atoms with van der Waals surface area (Å²) in [5, 5.41) is 1.25. The van der Waals surface area contributed by atoms with Crippen LogP contribution in [0.4, 0.5) is 0 Å². The summed E-state index contributed by atoms with van der Waals surface area (Å²) in [5.41, 5.74) is 3.61. The number of rotatable bonds is 3. The van der Waals surface area contributed by atoms with E-state index in [0.29, 0.717) is 23.9 Å². The van der Waals surface area contributed by atoms with Crippen molar-refractivity contribution in [2.24, 2.45) is 0 Å². The molecule has 0 atom stereocenters. The highest BCUT2D eigenvalue weighted by Gasteiger charge is 2.31. The fraction of sp³-hybridized carbons (Fsp3) is 0.391. The number of aromatic nitrogens is 1. The Morgan fingerprint density at radius 2 is 1.61 bits per heavy atom. The van der Waals surface area contributed by atoms with E-state index in [-0.39, 0.29) is 5.41 Å². The molecule has 1 aliphatic heterocycles. The van der Waals surface area contributed by atoms with Gasteiger partial charge >= 0.3 is 0 Å². The second-order valence-electron chi connectivity index (χ2n) is 8.74. The standard InChI is InChI=1S/C23H28N2O2S/c1-23(2,3)18-8-10-19(11-9-18)28(26,27)25-14-12-17(13-15-25)21-16-24-22-7-5-4-6-20(21)22/h4-11,16-17,24H,12-15H2,1-3H3. The highest BCUT2D eigenvalue weighted by Crippen LogP contribution is 2.35. The van der Waals surface area contributed by atoms with Crippen molar-refractivity contribution in [1.82, 2.24) is 9.29 Å². The highest BCUT2D eigenvalue weighted by atomic mass is 32.2. The van der Waals surface area contributed by atoms with E-state index in [9.17, 15) is 8.42 Å². The Balaban J connectivity index is 1.49. The summed E-state index contributed by atoms with van der Waals surface area (Å²) in [7, 11) is -3.43. The van der Waals surface area contributed by atoms with Crippen LogP contribution in [0.2, 0.25) is 0 Å². The summed E-state index contributed by atoms with van der Waals surface area (Å²) in [6, 6.07) is 15.7. The van der Waals surface area contributed by atoms with Crippen LogP contribution in [-0.2, 0) is 15.4 Å². The first-order valence-electron chi connectivity index (χ1n) is 9.93. The van der Waals surface area contributed by atoms with Gasteiger partial charge in [-0.15, -0.1) is 0 Å². The zero-order valence-corrected chi connectivity index (χ0v) is 17.6. The lowest BCUT2D eigenvalue weighted by molar-refractivity contribution is 0.320. The summed E-state index contributed by atoms with van der Waals surface area (Å²) in [6.07, 6.45) is 3.78. The fourth-order valence-corrected chi connectivity index (χ4v) is 5.58. The van der Waals surface area contributed by atoms with Crippen molar-refractivity contribution < 1.29 is 8.42 Å². The van der Waals surface area contributed by atoms with Gasteiger partial charge in [-0.2, -0.15) is 4.31 Å². The largest absolute Gasteiger partial charge is 0.361 e. The fourth-order valence-electron chi connectivity index (χ4n) is 4.11. The smallest absolute Gasteiger partial charge is 0.243 e. The van der Waals surface area contributed by atoms with Gasteiger partial charge in [-0.3, -0.25) is 0 Å². The molecule has 2 aromatic carbocycles. The summed E-state index contributed by atoms with van der Waals surface area (Å²) < 4.78 is 27.8. The third-order valence-electron chi connectivity index (χ3n) is 5.87. The maximum atomic E-state index is 13.1. The van der Waals surface area contributed by atoms with Gasteiger partial charge in [0.1, 0.15) is 0 Å². The van der Waals surface area contributed by atoms with Crippen LogP contribution < -0.4 is 0 Å². The average Bonchev–Trinajstić information content (AvgIpc) is 3.12. The molecule has 2 heterocycles. The van der Waals surface area contributed by atoms with Crippen LogP contribution >= 0.6 is 0 Å². The molecule has 1 aromatic heterocycles. The predicted molar refractivity (Wildman–Crippen MR) is 114 cm³/mol. The summed E-state index contributed by atoms with van der Waals surface area (Å²) in [4.78, 5) is 3.73. The lowest BCUT2D eigenvalue weighted by Crippen LogP contribution is -2.37. The monoisotopic (exact) mass is 396 g/mol. The van der Waals surface area contributed by atoms with E-state index in [4.69, 9.17) is 0 Å². The first kappa shape index (κ1) is 19.2. The maximum absolute atomic E-state index is 13.1. The summed E-state index contributed by atoms with van der Waals surface area (Å²) in [6.45, 7) is 7.52. The van der Waals surface area contributed by atoms with Crippen molar-refractivity contribution >= 4 is 20.9 Å². The molecule has 0 saturated carbocycles. The van der Waals surface area contributed by atoms with Gasteiger partial charge in [0.25, 0.3) is 0 Å². The van der Waals surface area contributed by atoms with Crippen LogP contribution in [0, 0.1) is 0 Å². The molecule has 3 aromatic rings. The van der Waals surface area contributed by atoms with Crippen molar-refractivity contribution in [3.63, 3.8) is 0 Å². The highest BCUT2D eigenvalue weighted by molar-refractivity contribution is 7.89. The molecule has 0 spiro atoms. The van der Waals surface area contributed by atoms with Gasteiger partial charge in [0, 0.05) is 30.2 Å². The van der Waals surface area contributed by atoms with Crippen LogP contribution in [0.1, 0.15) is 50.7 Å². The van der Waals surface area contributed by atoms with Crippen LogP contribution in [0.25, 0.3) is 10.9 Å². The molecule has 0 aliphatic carbocycles. The predicted octanol–water partition coefficient (Wildman–Crippen LogP) is 5.03. The zero-order chi connectivity index (χ0) is 19.9. The number of H-pyrrole nitrogens is 1. The number of piperidine rings is 1. The molecule has 28 heavy (non-hydrogen) atoms. The summed E-state index contributed by atoms with van der Waals surface area (Å²) in [5.74, 6) is 0.394. The van der Waals surface area contributed by atoms with E-state index in [2.05, 4.69) is 50.2 Å². The molecule has 5 heteroatoms. The number of nitrogens with one attached hydrogen (secondary N) is 1. The van der Waals surface area contributed by atoms with Gasteiger partial charge in [0.05, 0.1) is 4.90 Å². The number of hydrogen-bond donors (Lipinski definition) is 1. The van der Waals surface area contributed by atoms with E-state index >= 15 is 0 Å².